The summed E-state index contributed by atoms with van der Waals surface area (Å²) in [7, 11) is 3.39. The lowest BCUT2D eigenvalue weighted by atomic mass is 10.1. The Balaban J connectivity index is 1.98. The Morgan fingerprint density at radius 1 is 1.07 bits per heavy atom. The average Bonchev–Trinajstić information content (AvgIpc) is 2.64. The number of aryl methyl sites for hydroxylation is 3. The summed E-state index contributed by atoms with van der Waals surface area (Å²) in [6.45, 7) is 7.99. The molecule has 1 unspecified atom stereocenters. The first kappa shape index (κ1) is 21.4. The fourth-order valence-electron chi connectivity index (χ4n) is 3.18. The van der Waals surface area contributed by atoms with E-state index in [-0.39, 0.29) is 18.4 Å². The van der Waals surface area contributed by atoms with Gasteiger partial charge in [0.1, 0.15) is 5.75 Å². The Kier molecular flexibility index (Phi) is 7.18. The van der Waals surface area contributed by atoms with Crippen molar-refractivity contribution in [2.75, 3.05) is 31.3 Å². The molecule has 0 saturated carbocycles. The highest BCUT2D eigenvalue weighted by Gasteiger charge is 2.25. The van der Waals surface area contributed by atoms with E-state index in [0.29, 0.717) is 11.4 Å². The lowest BCUT2D eigenvalue weighted by molar-refractivity contribution is -0.885. The van der Waals surface area contributed by atoms with Gasteiger partial charge in [-0.15, -0.1) is 0 Å². The van der Waals surface area contributed by atoms with E-state index in [1.165, 1.54) is 0 Å². The van der Waals surface area contributed by atoms with E-state index in [0.717, 1.165) is 27.3 Å². The molecule has 2 rings (SSSR count). The fraction of sp³-hybridized carbons (Fsp3) is 0.364. The van der Waals surface area contributed by atoms with E-state index < -0.39 is 6.04 Å². The Morgan fingerprint density at radius 3 is 2.29 bits per heavy atom. The van der Waals surface area contributed by atoms with Crippen molar-refractivity contribution in [1.82, 2.24) is 0 Å². The van der Waals surface area contributed by atoms with Gasteiger partial charge >= 0.3 is 0 Å². The highest BCUT2D eigenvalue weighted by atomic mass is 16.5. The van der Waals surface area contributed by atoms with Crippen LogP contribution >= 0.6 is 0 Å². The number of amides is 2. The number of para-hydroxylation sites is 2. The van der Waals surface area contributed by atoms with Crippen molar-refractivity contribution >= 4 is 23.2 Å². The largest absolute Gasteiger partial charge is 0.495 e. The molecule has 2 amide bonds. The number of carbonyl (C=O) groups is 2. The molecule has 0 heterocycles. The molecule has 6 heteroatoms. The molecule has 0 saturated heterocycles. The average molecular weight is 385 g/mol. The van der Waals surface area contributed by atoms with Gasteiger partial charge in [-0.2, -0.15) is 0 Å². The van der Waals surface area contributed by atoms with E-state index in [1.807, 2.05) is 52.1 Å². The first-order valence-corrected chi connectivity index (χ1v) is 9.36. The van der Waals surface area contributed by atoms with Gasteiger partial charge in [-0.3, -0.25) is 9.59 Å². The Morgan fingerprint density at radius 2 is 1.68 bits per heavy atom. The van der Waals surface area contributed by atoms with Crippen LogP contribution in [0.2, 0.25) is 0 Å². The first-order chi connectivity index (χ1) is 13.2. The Hall–Kier alpha value is -2.86. The van der Waals surface area contributed by atoms with Gasteiger partial charge in [-0.1, -0.05) is 29.8 Å². The number of carbonyl (C=O) groups excluding carboxylic acids is 2. The van der Waals surface area contributed by atoms with E-state index in [4.69, 9.17) is 4.74 Å². The minimum atomic E-state index is -0.407. The standard InChI is InChI=1S/C22H29N3O3/c1-14-11-15(2)21(16(3)12-14)24-20(26)13-25(5)17(4)22(27)23-18-9-7-8-10-19(18)28-6/h7-12,17H,13H2,1-6H3,(H,23,27)(H,24,26)/p+1/t17-/m0/s1. The monoisotopic (exact) mass is 384 g/mol. The number of likely N-dealkylation sites (N-methyl/N-ethyl adjacent to an activating group) is 1. The van der Waals surface area contributed by atoms with Crippen molar-refractivity contribution in [3.05, 3.63) is 53.1 Å². The summed E-state index contributed by atoms with van der Waals surface area (Å²) in [4.78, 5) is 25.9. The number of hydrogen-bond donors (Lipinski definition) is 3. The third-order valence-electron chi connectivity index (χ3n) is 4.88. The van der Waals surface area contributed by atoms with E-state index in [1.54, 1.807) is 26.2 Å². The van der Waals surface area contributed by atoms with Gasteiger partial charge in [0.25, 0.3) is 11.8 Å². The number of quaternary nitrogens is 1. The molecule has 2 aromatic rings. The number of hydrogen-bond acceptors (Lipinski definition) is 3. The van der Waals surface area contributed by atoms with Crippen LogP contribution in [0.15, 0.2) is 36.4 Å². The quantitative estimate of drug-likeness (QED) is 0.685. The Bertz CT molecular complexity index is 841. The van der Waals surface area contributed by atoms with Gasteiger partial charge in [-0.05, 0) is 51.0 Å². The number of anilines is 2. The van der Waals surface area contributed by atoms with Crippen LogP contribution in [0.5, 0.6) is 5.75 Å². The lowest BCUT2D eigenvalue weighted by Gasteiger charge is -2.21. The molecule has 0 aromatic heterocycles. The molecule has 28 heavy (non-hydrogen) atoms. The van der Waals surface area contributed by atoms with Crippen LogP contribution in [-0.2, 0) is 9.59 Å². The maximum Gasteiger partial charge on any atom is 0.282 e. The minimum absolute atomic E-state index is 0.121. The fourth-order valence-corrected chi connectivity index (χ4v) is 3.18. The van der Waals surface area contributed by atoms with Crippen molar-refractivity contribution in [1.29, 1.82) is 0 Å². The Labute approximate surface area is 166 Å². The predicted molar refractivity (Wildman–Crippen MR) is 112 cm³/mol. The second-order valence-corrected chi connectivity index (χ2v) is 7.26. The molecular formula is C22H30N3O3+. The van der Waals surface area contributed by atoms with Crippen LogP contribution in [0, 0.1) is 20.8 Å². The van der Waals surface area contributed by atoms with E-state index in [2.05, 4.69) is 10.6 Å². The van der Waals surface area contributed by atoms with Crippen LogP contribution in [0.25, 0.3) is 0 Å². The van der Waals surface area contributed by atoms with Crippen molar-refractivity contribution in [2.45, 2.75) is 33.7 Å². The second-order valence-electron chi connectivity index (χ2n) is 7.26. The third kappa shape index (κ3) is 5.33. The smallest absolute Gasteiger partial charge is 0.282 e. The number of nitrogens with one attached hydrogen (secondary N) is 3. The lowest BCUT2D eigenvalue weighted by Crippen LogP contribution is -3.14. The molecule has 0 aliphatic rings. The molecule has 2 atom stereocenters. The zero-order valence-corrected chi connectivity index (χ0v) is 17.5. The summed E-state index contributed by atoms with van der Waals surface area (Å²) in [6, 6.07) is 10.9. The summed E-state index contributed by atoms with van der Waals surface area (Å²) in [5.74, 6) is 0.311. The third-order valence-corrected chi connectivity index (χ3v) is 4.88. The van der Waals surface area contributed by atoms with Gasteiger partial charge in [0.05, 0.1) is 19.8 Å². The molecule has 0 aliphatic carbocycles. The number of benzene rings is 2. The number of ether oxygens (including phenoxy) is 1. The van der Waals surface area contributed by atoms with Gasteiger partial charge in [0, 0.05) is 5.69 Å². The van der Waals surface area contributed by atoms with Gasteiger partial charge in [0.2, 0.25) is 0 Å². The maximum atomic E-state index is 12.6. The molecule has 0 aliphatic heterocycles. The topological polar surface area (TPSA) is 71.9 Å². The highest BCUT2D eigenvalue weighted by molar-refractivity contribution is 5.96. The van der Waals surface area contributed by atoms with Gasteiger partial charge in [-0.25, -0.2) is 0 Å². The molecule has 3 N–H and O–H groups in total. The van der Waals surface area contributed by atoms with Gasteiger partial charge < -0.3 is 20.3 Å². The predicted octanol–water partition coefficient (Wildman–Crippen LogP) is 2.10. The summed E-state index contributed by atoms with van der Waals surface area (Å²) in [5.41, 5.74) is 4.69. The first-order valence-electron chi connectivity index (χ1n) is 9.36. The number of rotatable bonds is 7. The zero-order valence-electron chi connectivity index (χ0n) is 17.5. The normalized spacial score (nSPS) is 12.8. The van der Waals surface area contributed by atoms with Crippen LogP contribution in [0.3, 0.4) is 0 Å². The number of methoxy groups -OCH3 is 1. The molecule has 0 radical (unpaired) electrons. The summed E-state index contributed by atoms with van der Waals surface area (Å²) >= 11 is 0. The van der Waals surface area contributed by atoms with Crippen LogP contribution in [0.1, 0.15) is 23.6 Å². The van der Waals surface area contributed by atoms with Gasteiger partial charge in [0.15, 0.2) is 12.6 Å². The molecule has 0 fully saturated rings. The molecule has 6 nitrogen and oxygen atoms in total. The molecule has 0 bridgehead atoms. The van der Waals surface area contributed by atoms with Crippen LogP contribution in [-0.4, -0.2) is 38.6 Å². The SMILES string of the molecule is COc1ccccc1NC(=O)[C@H](C)[NH+](C)CC(=O)Nc1c(C)cc(C)cc1C. The summed E-state index contributed by atoms with van der Waals surface area (Å²) in [6.07, 6.45) is 0. The molecule has 2 aromatic carbocycles. The van der Waals surface area contributed by atoms with Crippen molar-refractivity contribution in [2.24, 2.45) is 0 Å². The summed E-state index contributed by atoms with van der Waals surface area (Å²) in [5, 5.41) is 5.86. The molecule has 0 spiro atoms. The van der Waals surface area contributed by atoms with Crippen LogP contribution in [0.4, 0.5) is 11.4 Å². The molecule has 150 valence electrons. The highest BCUT2D eigenvalue weighted by Crippen LogP contribution is 2.23. The maximum absolute atomic E-state index is 12.6. The molecular weight excluding hydrogens is 354 g/mol. The van der Waals surface area contributed by atoms with Crippen LogP contribution < -0.4 is 20.3 Å². The summed E-state index contributed by atoms with van der Waals surface area (Å²) < 4.78 is 5.26. The zero-order chi connectivity index (χ0) is 20.8. The van der Waals surface area contributed by atoms with E-state index in [9.17, 15) is 9.59 Å². The van der Waals surface area contributed by atoms with Crippen molar-refractivity contribution < 1.29 is 19.2 Å². The van der Waals surface area contributed by atoms with Crippen molar-refractivity contribution in [3.8, 4) is 5.75 Å². The second kappa shape index (κ2) is 9.37. The van der Waals surface area contributed by atoms with Crippen molar-refractivity contribution in [3.63, 3.8) is 0 Å². The minimum Gasteiger partial charge on any atom is -0.495 e. The van der Waals surface area contributed by atoms with E-state index >= 15 is 0 Å².